The molecule has 1 aromatic carbocycles. The van der Waals surface area contributed by atoms with Gasteiger partial charge in [0.05, 0.1) is 9.40 Å². The second kappa shape index (κ2) is 5.01. The number of benzene rings is 1. The Hall–Kier alpha value is -1.15. The molecule has 0 unspecified atom stereocenters. The molecule has 0 atom stereocenters. The second-order valence-corrected chi connectivity index (χ2v) is 3.98. The Bertz CT molecular complexity index is 490. The lowest BCUT2D eigenvalue weighted by molar-refractivity contribution is -0.384. The molecular formula is C8H3BrClF3N2O2. The molecule has 17 heavy (non-hydrogen) atoms. The van der Waals surface area contributed by atoms with Gasteiger partial charge in [0.1, 0.15) is 0 Å². The Kier molecular flexibility index (Phi) is 4.10. The van der Waals surface area contributed by atoms with Gasteiger partial charge in [0.2, 0.25) is 5.17 Å². The SMILES string of the molecule is O=[N+]([O-])c1cccc(Br)c1N=C(Cl)C(F)(F)F. The van der Waals surface area contributed by atoms with Gasteiger partial charge in [-0.1, -0.05) is 17.7 Å². The lowest BCUT2D eigenvalue weighted by Crippen LogP contribution is -2.16. The molecule has 0 aromatic heterocycles. The first-order chi connectivity index (χ1) is 7.73. The van der Waals surface area contributed by atoms with Crippen molar-refractivity contribution < 1.29 is 18.1 Å². The van der Waals surface area contributed by atoms with Crippen LogP contribution in [0.5, 0.6) is 0 Å². The normalized spacial score (nSPS) is 12.6. The topological polar surface area (TPSA) is 55.5 Å². The van der Waals surface area contributed by atoms with Crippen molar-refractivity contribution in [3.8, 4) is 0 Å². The van der Waals surface area contributed by atoms with Gasteiger partial charge in [-0.05, 0) is 22.0 Å². The molecule has 0 aliphatic carbocycles. The monoisotopic (exact) mass is 330 g/mol. The van der Waals surface area contributed by atoms with Crippen molar-refractivity contribution in [3.63, 3.8) is 0 Å². The van der Waals surface area contributed by atoms with E-state index in [0.29, 0.717) is 0 Å². The Morgan fingerprint density at radius 2 is 2.06 bits per heavy atom. The smallest absolute Gasteiger partial charge is 0.258 e. The minimum absolute atomic E-state index is 0.0501. The molecule has 0 N–H and O–H groups in total. The molecule has 0 saturated carbocycles. The Morgan fingerprint density at radius 3 is 2.53 bits per heavy atom. The number of rotatable bonds is 2. The molecule has 0 saturated heterocycles. The molecule has 0 aliphatic rings. The highest BCUT2D eigenvalue weighted by Crippen LogP contribution is 2.36. The van der Waals surface area contributed by atoms with E-state index < -0.39 is 27.6 Å². The number of nitro benzene ring substituents is 1. The van der Waals surface area contributed by atoms with E-state index >= 15 is 0 Å². The van der Waals surface area contributed by atoms with Crippen LogP contribution in [0.15, 0.2) is 27.7 Å². The average molecular weight is 331 g/mol. The average Bonchev–Trinajstić information content (AvgIpc) is 2.18. The molecule has 0 aliphatic heterocycles. The van der Waals surface area contributed by atoms with Crippen LogP contribution in [-0.2, 0) is 0 Å². The zero-order valence-corrected chi connectivity index (χ0v) is 10.2. The number of nitro groups is 1. The molecule has 9 heteroatoms. The lowest BCUT2D eigenvalue weighted by atomic mass is 10.3. The van der Waals surface area contributed by atoms with Gasteiger partial charge >= 0.3 is 6.18 Å². The minimum Gasteiger partial charge on any atom is -0.258 e. The summed E-state index contributed by atoms with van der Waals surface area (Å²) in [6, 6.07) is 3.67. The summed E-state index contributed by atoms with van der Waals surface area (Å²) in [5.41, 5.74) is -1.04. The molecule has 0 heterocycles. The predicted molar refractivity (Wildman–Crippen MR) is 59.8 cm³/mol. The highest BCUT2D eigenvalue weighted by atomic mass is 79.9. The van der Waals surface area contributed by atoms with Crippen molar-refractivity contribution in [2.45, 2.75) is 6.18 Å². The van der Waals surface area contributed by atoms with Crippen molar-refractivity contribution >= 4 is 44.1 Å². The first-order valence-electron chi connectivity index (χ1n) is 3.97. The summed E-state index contributed by atoms with van der Waals surface area (Å²) in [7, 11) is 0. The molecular weight excluding hydrogens is 328 g/mol. The van der Waals surface area contributed by atoms with E-state index in [2.05, 4.69) is 20.9 Å². The van der Waals surface area contributed by atoms with Crippen LogP contribution in [0, 0.1) is 10.1 Å². The third-order valence-electron chi connectivity index (χ3n) is 1.61. The van der Waals surface area contributed by atoms with Gasteiger partial charge in [-0.3, -0.25) is 10.1 Å². The van der Waals surface area contributed by atoms with Gasteiger partial charge in [0, 0.05) is 6.07 Å². The summed E-state index contributed by atoms with van der Waals surface area (Å²) in [4.78, 5) is 12.8. The van der Waals surface area contributed by atoms with Crippen LogP contribution < -0.4 is 0 Å². The molecule has 1 aromatic rings. The third kappa shape index (κ3) is 3.40. The Morgan fingerprint density at radius 1 is 1.47 bits per heavy atom. The van der Waals surface area contributed by atoms with Gasteiger partial charge in [0.15, 0.2) is 5.69 Å². The van der Waals surface area contributed by atoms with E-state index in [4.69, 9.17) is 11.6 Å². The van der Waals surface area contributed by atoms with Gasteiger partial charge in [0.25, 0.3) is 5.69 Å². The first kappa shape index (κ1) is 13.9. The summed E-state index contributed by atoms with van der Waals surface area (Å²) in [5.74, 6) is 0. The van der Waals surface area contributed by atoms with Gasteiger partial charge < -0.3 is 0 Å². The predicted octanol–water partition coefficient (Wildman–Crippen LogP) is 4.19. The molecule has 4 nitrogen and oxygen atoms in total. The van der Waals surface area contributed by atoms with E-state index in [0.717, 1.165) is 6.07 Å². The number of hydrogen-bond donors (Lipinski definition) is 0. The molecule has 0 spiro atoms. The van der Waals surface area contributed by atoms with E-state index in [1.165, 1.54) is 12.1 Å². The quantitative estimate of drug-likeness (QED) is 0.463. The maximum Gasteiger partial charge on any atom is 0.444 e. The summed E-state index contributed by atoms with van der Waals surface area (Å²) < 4.78 is 36.5. The molecule has 0 fully saturated rings. The summed E-state index contributed by atoms with van der Waals surface area (Å²) in [6.07, 6.45) is -4.84. The molecule has 92 valence electrons. The zero-order chi connectivity index (χ0) is 13.2. The number of halogens is 5. The van der Waals surface area contributed by atoms with Crippen molar-refractivity contribution in [3.05, 3.63) is 32.8 Å². The summed E-state index contributed by atoms with van der Waals surface area (Å²) in [5, 5.41) is 8.92. The molecule has 0 amide bonds. The van der Waals surface area contributed by atoms with Crippen molar-refractivity contribution in [2.24, 2.45) is 4.99 Å². The fourth-order valence-electron chi connectivity index (χ4n) is 0.924. The standard InChI is InChI=1S/C8H3BrClF3N2O2/c9-4-2-1-3-5(15(16)17)6(4)14-7(10)8(11,12)13/h1-3H. The van der Waals surface area contributed by atoms with Crippen LogP contribution in [0.2, 0.25) is 0 Å². The third-order valence-corrected chi connectivity index (χ3v) is 2.54. The van der Waals surface area contributed by atoms with Gasteiger partial charge in [-0.25, -0.2) is 4.99 Å². The number of alkyl halides is 3. The fraction of sp³-hybridized carbons (Fsp3) is 0.125. The largest absolute Gasteiger partial charge is 0.444 e. The summed E-state index contributed by atoms with van der Waals surface area (Å²) >= 11 is 7.79. The van der Waals surface area contributed by atoms with Crippen LogP contribution in [0.1, 0.15) is 0 Å². The van der Waals surface area contributed by atoms with E-state index in [9.17, 15) is 23.3 Å². The Labute approximate surface area is 106 Å². The molecule has 0 bridgehead atoms. The number of hydrogen-bond acceptors (Lipinski definition) is 3. The van der Waals surface area contributed by atoms with Gasteiger partial charge in [-0.2, -0.15) is 13.2 Å². The van der Waals surface area contributed by atoms with Crippen LogP contribution in [0.25, 0.3) is 0 Å². The fourth-order valence-corrected chi connectivity index (χ4v) is 1.45. The van der Waals surface area contributed by atoms with Gasteiger partial charge in [-0.15, -0.1) is 0 Å². The van der Waals surface area contributed by atoms with E-state index in [1.54, 1.807) is 0 Å². The zero-order valence-electron chi connectivity index (χ0n) is 7.83. The number of aliphatic imine (C=N–C) groups is 1. The Balaban J connectivity index is 3.36. The van der Waals surface area contributed by atoms with Crippen LogP contribution in [0.4, 0.5) is 24.5 Å². The molecule has 0 radical (unpaired) electrons. The number of para-hydroxylation sites is 1. The minimum atomic E-state index is -4.84. The second-order valence-electron chi connectivity index (χ2n) is 2.77. The highest BCUT2D eigenvalue weighted by molar-refractivity contribution is 9.10. The van der Waals surface area contributed by atoms with Crippen molar-refractivity contribution in [2.75, 3.05) is 0 Å². The lowest BCUT2D eigenvalue weighted by Gasteiger charge is -2.04. The van der Waals surface area contributed by atoms with Crippen LogP contribution in [0.3, 0.4) is 0 Å². The van der Waals surface area contributed by atoms with E-state index in [1.807, 2.05) is 0 Å². The number of nitrogens with zero attached hydrogens (tertiary/aromatic N) is 2. The van der Waals surface area contributed by atoms with Crippen LogP contribution >= 0.6 is 27.5 Å². The first-order valence-corrected chi connectivity index (χ1v) is 5.15. The van der Waals surface area contributed by atoms with Crippen molar-refractivity contribution in [1.29, 1.82) is 0 Å². The highest BCUT2D eigenvalue weighted by Gasteiger charge is 2.35. The maximum absolute atomic E-state index is 12.2. The van der Waals surface area contributed by atoms with Crippen LogP contribution in [-0.4, -0.2) is 16.3 Å². The van der Waals surface area contributed by atoms with E-state index in [-0.39, 0.29) is 4.47 Å². The van der Waals surface area contributed by atoms with Crippen molar-refractivity contribution in [1.82, 2.24) is 0 Å². The molecule has 1 rings (SSSR count). The maximum atomic E-state index is 12.2. The summed E-state index contributed by atoms with van der Waals surface area (Å²) in [6.45, 7) is 0.